The molecule has 1 aromatic carbocycles. The lowest BCUT2D eigenvalue weighted by Crippen LogP contribution is -2.28. The third-order valence-corrected chi connectivity index (χ3v) is 2.98. The van der Waals surface area contributed by atoms with Crippen molar-refractivity contribution >= 4 is 17.6 Å². The zero-order valence-electron chi connectivity index (χ0n) is 13.5. The van der Waals surface area contributed by atoms with Crippen LogP contribution in [0.5, 0.6) is 5.75 Å². The van der Waals surface area contributed by atoms with Crippen molar-refractivity contribution in [3.8, 4) is 5.75 Å². The third kappa shape index (κ3) is 6.30. The van der Waals surface area contributed by atoms with Crippen LogP contribution in [0.4, 0.5) is 18.9 Å². The van der Waals surface area contributed by atoms with Gasteiger partial charge in [0, 0.05) is 18.9 Å². The molecule has 1 amide bonds. The first-order chi connectivity index (χ1) is 12.3. The molecular formula is C16H16F3N5O2. The van der Waals surface area contributed by atoms with Gasteiger partial charge >= 0.3 is 6.36 Å². The van der Waals surface area contributed by atoms with Gasteiger partial charge in [0.15, 0.2) is 11.7 Å². The van der Waals surface area contributed by atoms with Crippen LogP contribution in [0.15, 0.2) is 53.8 Å². The number of halogens is 3. The Hall–Kier alpha value is -3.30. The largest absolute Gasteiger partial charge is 0.573 e. The number of nitrogens with two attached hydrogens (primary N) is 1. The van der Waals surface area contributed by atoms with Crippen LogP contribution in [-0.2, 0) is 0 Å². The number of aliphatic imine (C=N–C) groups is 1. The molecule has 0 unspecified atom stereocenters. The van der Waals surface area contributed by atoms with Crippen molar-refractivity contribution in [2.45, 2.75) is 6.36 Å². The Balaban J connectivity index is 1.86. The highest BCUT2D eigenvalue weighted by atomic mass is 19.4. The van der Waals surface area contributed by atoms with Crippen molar-refractivity contribution in [1.29, 1.82) is 0 Å². The van der Waals surface area contributed by atoms with E-state index in [2.05, 4.69) is 25.3 Å². The van der Waals surface area contributed by atoms with Gasteiger partial charge in [-0.15, -0.1) is 13.2 Å². The van der Waals surface area contributed by atoms with Gasteiger partial charge in [-0.2, -0.15) is 0 Å². The average Bonchev–Trinajstić information content (AvgIpc) is 2.60. The van der Waals surface area contributed by atoms with Crippen LogP contribution in [-0.4, -0.2) is 36.3 Å². The van der Waals surface area contributed by atoms with Gasteiger partial charge in [0.25, 0.3) is 5.91 Å². The van der Waals surface area contributed by atoms with E-state index in [1.807, 2.05) is 0 Å². The first kappa shape index (κ1) is 19.0. The van der Waals surface area contributed by atoms with Crippen LogP contribution < -0.4 is 21.1 Å². The number of guanidine groups is 1. The van der Waals surface area contributed by atoms with E-state index >= 15 is 0 Å². The Morgan fingerprint density at radius 2 is 2.00 bits per heavy atom. The second-order valence-corrected chi connectivity index (χ2v) is 4.93. The lowest BCUT2D eigenvalue weighted by Gasteiger charge is -2.14. The smallest absolute Gasteiger partial charge is 0.404 e. The highest BCUT2D eigenvalue weighted by Crippen LogP contribution is 2.29. The lowest BCUT2D eigenvalue weighted by atomic mass is 10.3. The molecule has 0 radical (unpaired) electrons. The van der Waals surface area contributed by atoms with Gasteiger partial charge in [-0.05, 0) is 24.3 Å². The molecule has 138 valence electrons. The Bertz CT molecular complexity index is 766. The van der Waals surface area contributed by atoms with E-state index in [4.69, 9.17) is 5.73 Å². The summed E-state index contributed by atoms with van der Waals surface area (Å²) in [6, 6.07) is 8.68. The standard InChI is InChI=1S/C16H16F3N5O2/c17-16(18,19)26-13-6-2-1-5-12(13)24-15(20)23-9-8-22-14(25)11-4-3-7-21-10-11/h1-7,10H,8-9H2,(H,22,25)(H3,20,23,24). The van der Waals surface area contributed by atoms with Crippen molar-refractivity contribution in [2.24, 2.45) is 10.7 Å². The molecule has 0 saturated carbocycles. The maximum Gasteiger partial charge on any atom is 0.573 e. The number of aromatic nitrogens is 1. The van der Waals surface area contributed by atoms with Gasteiger partial charge in [-0.25, -0.2) is 0 Å². The number of anilines is 1. The Morgan fingerprint density at radius 1 is 1.23 bits per heavy atom. The predicted octanol–water partition coefficient (Wildman–Crippen LogP) is 2.14. The molecule has 10 heteroatoms. The van der Waals surface area contributed by atoms with Crippen molar-refractivity contribution < 1.29 is 22.7 Å². The fourth-order valence-electron chi connectivity index (χ4n) is 1.91. The van der Waals surface area contributed by atoms with E-state index in [0.29, 0.717) is 5.56 Å². The fraction of sp³-hybridized carbons (Fsp3) is 0.188. The zero-order chi connectivity index (χ0) is 19.0. The number of para-hydroxylation sites is 2. The number of hydrogen-bond donors (Lipinski definition) is 3. The molecule has 0 bridgehead atoms. The number of rotatable bonds is 6. The first-order valence-corrected chi connectivity index (χ1v) is 7.45. The minimum atomic E-state index is -4.82. The summed E-state index contributed by atoms with van der Waals surface area (Å²) in [7, 11) is 0. The number of benzene rings is 1. The molecule has 0 fully saturated rings. The SMILES string of the molecule is NC(=NCCNC(=O)c1cccnc1)Nc1ccccc1OC(F)(F)F. The summed E-state index contributed by atoms with van der Waals surface area (Å²) < 4.78 is 41.0. The molecular weight excluding hydrogens is 351 g/mol. The van der Waals surface area contributed by atoms with Crippen LogP contribution in [0.2, 0.25) is 0 Å². The van der Waals surface area contributed by atoms with Crippen LogP contribution >= 0.6 is 0 Å². The summed E-state index contributed by atoms with van der Waals surface area (Å²) in [6.45, 7) is 0.323. The van der Waals surface area contributed by atoms with Gasteiger partial charge < -0.3 is 21.1 Å². The lowest BCUT2D eigenvalue weighted by molar-refractivity contribution is -0.274. The predicted molar refractivity (Wildman–Crippen MR) is 89.8 cm³/mol. The summed E-state index contributed by atoms with van der Waals surface area (Å²) in [5.41, 5.74) is 6.07. The van der Waals surface area contributed by atoms with E-state index in [1.54, 1.807) is 18.3 Å². The molecule has 4 N–H and O–H groups in total. The quantitative estimate of drug-likeness (QED) is 0.412. The Labute approximate surface area is 147 Å². The van der Waals surface area contributed by atoms with Crippen molar-refractivity contribution in [3.05, 3.63) is 54.4 Å². The molecule has 0 aliphatic heterocycles. The molecule has 1 aromatic heterocycles. The van der Waals surface area contributed by atoms with Crippen LogP contribution in [0.25, 0.3) is 0 Å². The zero-order valence-corrected chi connectivity index (χ0v) is 13.5. The average molecular weight is 367 g/mol. The maximum atomic E-state index is 12.4. The highest BCUT2D eigenvalue weighted by molar-refractivity contribution is 5.94. The number of carbonyl (C=O) groups is 1. The van der Waals surface area contributed by atoms with Gasteiger partial charge in [0.1, 0.15) is 0 Å². The molecule has 0 saturated heterocycles. The topological polar surface area (TPSA) is 102 Å². The summed E-state index contributed by atoms with van der Waals surface area (Å²) >= 11 is 0. The summed E-state index contributed by atoms with van der Waals surface area (Å²) in [6.07, 6.45) is -1.85. The maximum absolute atomic E-state index is 12.4. The Kier molecular flexibility index (Phi) is 6.36. The fourth-order valence-corrected chi connectivity index (χ4v) is 1.91. The second-order valence-electron chi connectivity index (χ2n) is 4.93. The molecule has 2 rings (SSSR count). The molecule has 26 heavy (non-hydrogen) atoms. The van der Waals surface area contributed by atoms with Gasteiger partial charge in [-0.3, -0.25) is 14.8 Å². The highest BCUT2D eigenvalue weighted by Gasteiger charge is 2.32. The van der Waals surface area contributed by atoms with Gasteiger partial charge in [0.2, 0.25) is 0 Å². The van der Waals surface area contributed by atoms with Crippen molar-refractivity contribution in [1.82, 2.24) is 10.3 Å². The number of amides is 1. The molecule has 0 aliphatic carbocycles. The Morgan fingerprint density at radius 3 is 2.69 bits per heavy atom. The summed E-state index contributed by atoms with van der Waals surface area (Å²) in [5, 5.41) is 5.15. The number of pyridine rings is 1. The normalized spacial score (nSPS) is 11.7. The molecule has 1 heterocycles. The number of carbonyl (C=O) groups excluding carboxylic acids is 1. The van der Waals surface area contributed by atoms with Crippen LogP contribution in [0, 0.1) is 0 Å². The molecule has 2 aromatic rings. The van der Waals surface area contributed by atoms with E-state index in [9.17, 15) is 18.0 Å². The van der Waals surface area contributed by atoms with Crippen LogP contribution in [0.1, 0.15) is 10.4 Å². The number of nitrogens with one attached hydrogen (secondary N) is 2. The van der Waals surface area contributed by atoms with E-state index in [-0.39, 0.29) is 30.6 Å². The van der Waals surface area contributed by atoms with Crippen molar-refractivity contribution in [2.75, 3.05) is 18.4 Å². The molecule has 0 aliphatic rings. The number of alkyl halides is 3. The number of hydrogen-bond acceptors (Lipinski definition) is 4. The first-order valence-electron chi connectivity index (χ1n) is 7.45. The molecule has 0 atom stereocenters. The number of ether oxygens (including phenoxy) is 1. The van der Waals surface area contributed by atoms with E-state index in [1.165, 1.54) is 24.4 Å². The van der Waals surface area contributed by atoms with E-state index in [0.717, 1.165) is 6.07 Å². The van der Waals surface area contributed by atoms with Crippen molar-refractivity contribution in [3.63, 3.8) is 0 Å². The number of nitrogens with zero attached hydrogens (tertiary/aromatic N) is 2. The monoisotopic (exact) mass is 367 g/mol. The van der Waals surface area contributed by atoms with Gasteiger partial charge in [0.05, 0.1) is 17.8 Å². The second kappa shape index (κ2) is 8.70. The molecule has 0 spiro atoms. The minimum Gasteiger partial charge on any atom is -0.404 e. The molecule has 7 nitrogen and oxygen atoms in total. The summed E-state index contributed by atoms with van der Waals surface area (Å²) in [4.78, 5) is 19.6. The minimum absolute atomic E-state index is 0.0190. The van der Waals surface area contributed by atoms with Crippen LogP contribution in [0.3, 0.4) is 0 Å². The van der Waals surface area contributed by atoms with Gasteiger partial charge in [-0.1, -0.05) is 12.1 Å². The summed E-state index contributed by atoms with van der Waals surface area (Å²) in [5.74, 6) is -0.856. The third-order valence-electron chi connectivity index (χ3n) is 2.98. The van der Waals surface area contributed by atoms with E-state index < -0.39 is 12.1 Å².